The molecule has 0 aliphatic carbocycles. The maximum Gasteiger partial charge on any atom is 0.220 e. The first-order valence-corrected chi connectivity index (χ1v) is 27.0. The number of unbranched alkanes of at least 4 members (excludes halogenated alkanes) is 27. The molecule has 0 aromatic heterocycles. The van der Waals surface area contributed by atoms with Gasteiger partial charge in [0.15, 0.2) is 0 Å². The van der Waals surface area contributed by atoms with Gasteiger partial charge in [-0.15, -0.1) is 0 Å². The number of allylic oxidation sites excluding steroid dienone is 15. The monoisotopic (exact) mass is 874 g/mol. The maximum absolute atomic E-state index is 12.4. The Hall–Kier alpha value is -2.69. The third-order valence-electron chi connectivity index (χ3n) is 11.8. The van der Waals surface area contributed by atoms with Gasteiger partial charge in [0.1, 0.15) is 0 Å². The topological polar surface area (TPSA) is 69.6 Å². The van der Waals surface area contributed by atoms with E-state index >= 15 is 0 Å². The Bertz CT molecular complexity index is 1170. The highest BCUT2D eigenvalue weighted by atomic mass is 16.3. The smallest absolute Gasteiger partial charge is 0.220 e. The van der Waals surface area contributed by atoms with Crippen LogP contribution in [0.1, 0.15) is 251 Å². The minimum absolute atomic E-state index is 0.0788. The van der Waals surface area contributed by atoms with Crippen LogP contribution in [0.25, 0.3) is 0 Å². The number of amides is 1. The summed E-state index contributed by atoms with van der Waals surface area (Å²) in [6.45, 7) is 4.17. The molecule has 0 fully saturated rings. The van der Waals surface area contributed by atoms with Gasteiger partial charge in [-0.05, 0) is 89.9 Å². The first-order valence-electron chi connectivity index (χ1n) is 27.0. The number of hydrogen-bond acceptors (Lipinski definition) is 3. The van der Waals surface area contributed by atoms with Crippen molar-refractivity contribution in [1.82, 2.24) is 5.32 Å². The Morgan fingerprint density at radius 3 is 1.11 bits per heavy atom. The number of aliphatic hydroxyl groups excluding tert-OH is 2. The predicted molar refractivity (Wildman–Crippen MR) is 280 cm³/mol. The van der Waals surface area contributed by atoms with E-state index in [1.807, 2.05) is 6.08 Å². The SMILES string of the molecule is CC/C=C\C/C=C\C/C=C\C/C=C\C/C=C\CCCCCCCCCCCCCCCCCCCCCC(=O)NC(CO)C(O)/C=C/CC/C=C/CC/C=C/CCCCCCCC. The molecule has 0 aromatic carbocycles. The molecule has 1 amide bonds. The summed E-state index contributed by atoms with van der Waals surface area (Å²) in [6, 6.07) is -0.648. The Labute approximate surface area is 392 Å². The molecule has 0 aliphatic heterocycles. The molecule has 3 N–H and O–H groups in total. The molecule has 0 aromatic rings. The zero-order valence-corrected chi connectivity index (χ0v) is 41.6. The molecule has 4 nitrogen and oxygen atoms in total. The van der Waals surface area contributed by atoms with Crippen molar-refractivity contribution in [2.45, 2.75) is 264 Å². The van der Waals surface area contributed by atoms with Gasteiger partial charge >= 0.3 is 0 Å². The van der Waals surface area contributed by atoms with Gasteiger partial charge in [-0.1, -0.05) is 252 Å². The molecule has 0 spiro atoms. The lowest BCUT2D eigenvalue weighted by molar-refractivity contribution is -0.123. The van der Waals surface area contributed by atoms with Gasteiger partial charge in [0.2, 0.25) is 5.91 Å². The van der Waals surface area contributed by atoms with Crippen molar-refractivity contribution in [2.24, 2.45) is 0 Å². The first kappa shape index (κ1) is 60.3. The van der Waals surface area contributed by atoms with E-state index in [0.29, 0.717) is 6.42 Å². The van der Waals surface area contributed by atoms with Gasteiger partial charge in [-0.3, -0.25) is 4.79 Å². The van der Waals surface area contributed by atoms with E-state index in [9.17, 15) is 15.0 Å². The van der Waals surface area contributed by atoms with Gasteiger partial charge in [-0.2, -0.15) is 0 Å². The number of carbonyl (C=O) groups excluding carboxylic acids is 1. The molecule has 362 valence electrons. The lowest BCUT2D eigenvalue weighted by Gasteiger charge is -2.19. The average Bonchev–Trinajstić information content (AvgIpc) is 3.29. The third-order valence-corrected chi connectivity index (χ3v) is 11.8. The molecule has 0 heterocycles. The third kappa shape index (κ3) is 50.2. The van der Waals surface area contributed by atoms with E-state index in [1.165, 1.54) is 161 Å². The summed E-state index contributed by atoms with van der Waals surface area (Å²) in [7, 11) is 0. The Morgan fingerprint density at radius 2 is 0.714 bits per heavy atom. The van der Waals surface area contributed by atoms with E-state index in [2.05, 4.69) is 104 Å². The van der Waals surface area contributed by atoms with Crippen LogP contribution in [-0.2, 0) is 4.79 Å². The van der Waals surface area contributed by atoms with E-state index in [1.54, 1.807) is 6.08 Å². The van der Waals surface area contributed by atoms with Crippen molar-refractivity contribution < 1.29 is 15.0 Å². The molecule has 2 unspecified atom stereocenters. The Morgan fingerprint density at radius 1 is 0.397 bits per heavy atom. The van der Waals surface area contributed by atoms with Crippen LogP contribution < -0.4 is 5.32 Å². The predicted octanol–water partition coefficient (Wildman–Crippen LogP) is 17.7. The van der Waals surface area contributed by atoms with E-state index in [-0.39, 0.29) is 12.5 Å². The van der Waals surface area contributed by atoms with Crippen LogP contribution in [0, 0.1) is 0 Å². The second-order valence-corrected chi connectivity index (χ2v) is 17.9. The van der Waals surface area contributed by atoms with E-state index in [0.717, 1.165) is 70.6 Å². The lowest BCUT2D eigenvalue weighted by atomic mass is 10.0. The summed E-state index contributed by atoms with van der Waals surface area (Å²) in [5, 5.41) is 23.1. The zero-order valence-electron chi connectivity index (χ0n) is 41.6. The average molecular weight is 874 g/mol. The molecule has 0 aliphatic rings. The van der Waals surface area contributed by atoms with Crippen molar-refractivity contribution in [3.63, 3.8) is 0 Å². The summed E-state index contributed by atoms with van der Waals surface area (Å²) in [4.78, 5) is 12.4. The standard InChI is InChI=1S/C59H103NO3/c1-3-5-7-9-11-13-15-17-19-21-22-23-24-25-26-27-28-29-30-31-32-33-34-35-36-37-38-39-41-43-45-47-49-51-53-55-59(63)60-57(56-61)58(62)54-52-50-48-46-44-42-40-20-18-16-14-12-10-8-6-4-2/h5,7,11,13,17-20,22-23,25-26,44,46,52,54,57-58,61-62H,3-4,6,8-10,12,14-16,21,24,27-43,45,47-51,53,55-56H2,1-2H3,(H,60,63)/b7-5-,13-11-,19-17-,20-18+,23-22-,26-25-,46-44+,54-52+. The fraction of sp³-hybridized carbons (Fsp3) is 0.712. The molecule has 0 radical (unpaired) electrons. The van der Waals surface area contributed by atoms with E-state index < -0.39 is 12.1 Å². The highest BCUT2D eigenvalue weighted by Gasteiger charge is 2.17. The molecule has 0 rings (SSSR count). The molecule has 63 heavy (non-hydrogen) atoms. The highest BCUT2D eigenvalue weighted by Crippen LogP contribution is 2.16. The van der Waals surface area contributed by atoms with Crippen LogP contribution in [0.15, 0.2) is 97.2 Å². The first-order chi connectivity index (χ1) is 31.2. The number of rotatable bonds is 48. The van der Waals surface area contributed by atoms with Crippen LogP contribution in [0.5, 0.6) is 0 Å². The van der Waals surface area contributed by atoms with Crippen molar-refractivity contribution in [3.05, 3.63) is 97.2 Å². The van der Waals surface area contributed by atoms with Crippen molar-refractivity contribution >= 4 is 5.91 Å². The molecule has 0 saturated carbocycles. The van der Waals surface area contributed by atoms with Crippen molar-refractivity contribution in [1.29, 1.82) is 0 Å². The molecule has 2 atom stereocenters. The van der Waals surface area contributed by atoms with Crippen LogP contribution in [0.4, 0.5) is 0 Å². The van der Waals surface area contributed by atoms with Gasteiger partial charge in [-0.25, -0.2) is 0 Å². The van der Waals surface area contributed by atoms with Crippen LogP contribution in [-0.4, -0.2) is 34.9 Å². The van der Waals surface area contributed by atoms with Crippen LogP contribution >= 0.6 is 0 Å². The van der Waals surface area contributed by atoms with Gasteiger partial charge in [0.05, 0.1) is 18.8 Å². The van der Waals surface area contributed by atoms with Crippen LogP contribution in [0.3, 0.4) is 0 Å². The van der Waals surface area contributed by atoms with Crippen molar-refractivity contribution in [2.75, 3.05) is 6.61 Å². The second kappa shape index (κ2) is 53.6. The second-order valence-electron chi connectivity index (χ2n) is 17.9. The van der Waals surface area contributed by atoms with Gasteiger partial charge in [0, 0.05) is 6.42 Å². The normalized spacial score (nSPS) is 13.7. The molecule has 4 heteroatoms. The quantitative estimate of drug-likeness (QED) is 0.0421. The van der Waals surface area contributed by atoms with Gasteiger partial charge < -0.3 is 15.5 Å². The summed E-state index contributed by atoms with van der Waals surface area (Å²) in [6.07, 6.45) is 79.9. The fourth-order valence-corrected chi connectivity index (χ4v) is 7.71. The number of carbonyl (C=O) groups is 1. The Balaban J connectivity index is 3.52. The zero-order chi connectivity index (χ0) is 45.6. The summed E-state index contributed by atoms with van der Waals surface area (Å²) >= 11 is 0. The molecular formula is C59H103NO3. The molecular weight excluding hydrogens is 771 g/mol. The number of hydrogen-bond donors (Lipinski definition) is 3. The van der Waals surface area contributed by atoms with Gasteiger partial charge in [0.25, 0.3) is 0 Å². The highest BCUT2D eigenvalue weighted by molar-refractivity contribution is 5.76. The summed E-state index contributed by atoms with van der Waals surface area (Å²) in [5.74, 6) is -0.0788. The fourth-order valence-electron chi connectivity index (χ4n) is 7.71. The molecule has 0 saturated heterocycles. The summed E-state index contributed by atoms with van der Waals surface area (Å²) < 4.78 is 0. The Kier molecular flexibility index (Phi) is 51.4. The number of aliphatic hydroxyl groups is 2. The summed E-state index contributed by atoms with van der Waals surface area (Å²) in [5.41, 5.74) is 0. The minimum Gasteiger partial charge on any atom is -0.394 e. The number of nitrogens with one attached hydrogen (secondary N) is 1. The largest absolute Gasteiger partial charge is 0.394 e. The maximum atomic E-state index is 12.4. The molecule has 0 bridgehead atoms. The van der Waals surface area contributed by atoms with Crippen LogP contribution in [0.2, 0.25) is 0 Å². The lowest BCUT2D eigenvalue weighted by Crippen LogP contribution is -2.45. The minimum atomic E-state index is -0.873. The van der Waals surface area contributed by atoms with E-state index in [4.69, 9.17) is 0 Å². The van der Waals surface area contributed by atoms with Crippen molar-refractivity contribution in [3.8, 4) is 0 Å².